The molecule has 4 aromatic rings. The van der Waals surface area contributed by atoms with Gasteiger partial charge in [-0.3, -0.25) is 9.48 Å². The minimum atomic E-state index is -0.172. The second kappa shape index (κ2) is 7.98. The smallest absolute Gasteiger partial charge is 0.252 e. The quantitative estimate of drug-likeness (QED) is 0.527. The number of rotatable bonds is 5. The first kappa shape index (κ1) is 20.8. The molecule has 1 N–H and O–H groups in total. The van der Waals surface area contributed by atoms with Crippen molar-refractivity contribution in [3.8, 4) is 11.3 Å². The number of pyridine rings is 1. The SMILES string of the molecule is CCn1nc(C)c2c(C(=O)N[C@H](C)c3cnn(C)c3C)cc(-c3ccc(C)cc3)nc21. The summed E-state index contributed by atoms with van der Waals surface area (Å²) in [5.74, 6) is -0.143. The fourth-order valence-electron chi connectivity index (χ4n) is 3.92. The Kier molecular flexibility index (Phi) is 5.35. The van der Waals surface area contributed by atoms with Crippen LogP contribution in [-0.4, -0.2) is 30.5 Å². The van der Waals surface area contributed by atoms with E-state index in [-0.39, 0.29) is 11.9 Å². The van der Waals surface area contributed by atoms with E-state index >= 15 is 0 Å². The Morgan fingerprint density at radius 2 is 1.87 bits per heavy atom. The molecule has 0 bridgehead atoms. The topological polar surface area (TPSA) is 77.6 Å². The summed E-state index contributed by atoms with van der Waals surface area (Å²) in [5, 5.41) is 12.9. The van der Waals surface area contributed by atoms with E-state index in [0.717, 1.165) is 39.2 Å². The highest BCUT2D eigenvalue weighted by atomic mass is 16.1. The second-order valence-electron chi connectivity index (χ2n) is 8.02. The van der Waals surface area contributed by atoms with Gasteiger partial charge < -0.3 is 5.32 Å². The Balaban J connectivity index is 1.81. The van der Waals surface area contributed by atoms with E-state index < -0.39 is 0 Å². The number of nitrogens with zero attached hydrogens (tertiary/aromatic N) is 5. The van der Waals surface area contributed by atoms with Crippen molar-refractivity contribution in [2.24, 2.45) is 7.05 Å². The molecule has 3 heterocycles. The number of hydrogen-bond donors (Lipinski definition) is 1. The molecule has 0 spiro atoms. The Bertz CT molecular complexity index is 1270. The summed E-state index contributed by atoms with van der Waals surface area (Å²) in [6.07, 6.45) is 1.81. The molecule has 0 saturated heterocycles. The fraction of sp³-hybridized carbons (Fsp3) is 0.333. The molecule has 160 valence electrons. The molecule has 3 aromatic heterocycles. The zero-order chi connectivity index (χ0) is 22.3. The van der Waals surface area contributed by atoms with Crippen molar-refractivity contribution in [3.63, 3.8) is 0 Å². The number of carbonyl (C=O) groups is 1. The molecule has 1 amide bonds. The van der Waals surface area contributed by atoms with Gasteiger partial charge in [-0.1, -0.05) is 29.8 Å². The summed E-state index contributed by atoms with van der Waals surface area (Å²) < 4.78 is 3.67. The first-order valence-electron chi connectivity index (χ1n) is 10.5. The lowest BCUT2D eigenvalue weighted by molar-refractivity contribution is 0.0941. The number of aromatic nitrogens is 5. The molecule has 7 nitrogen and oxygen atoms in total. The predicted octanol–water partition coefficient (Wildman–Crippen LogP) is 4.27. The minimum Gasteiger partial charge on any atom is -0.345 e. The minimum absolute atomic E-state index is 0.143. The molecule has 0 aliphatic rings. The third kappa shape index (κ3) is 3.71. The van der Waals surface area contributed by atoms with Gasteiger partial charge in [-0.25, -0.2) is 9.67 Å². The van der Waals surface area contributed by atoms with Crippen LogP contribution in [0.5, 0.6) is 0 Å². The summed E-state index contributed by atoms with van der Waals surface area (Å²) in [4.78, 5) is 18.3. The second-order valence-corrected chi connectivity index (χ2v) is 8.02. The van der Waals surface area contributed by atoms with Crippen LogP contribution in [0.15, 0.2) is 36.5 Å². The lowest BCUT2D eigenvalue weighted by Crippen LogP contribution is -2.27. The van der Waals surface area contributed by atoms with E-state index in [1.54, 1.807) is 6.20 Å². The van der Waals surface area contributed by atoms with E-state index in [1.807, 2.05) is 62.3 Å². The van der Waals surface area contributed by atoms with Crippen LogP contribution in [0.2, 0.25) is 0 Å². The predicted molar refractivity (Wildman–Crippen MR) is 122 cm³/mol. The molecular formula is C24H28N6O. The average Bonchev–Trinajstić information content (AvgIpc) is 3.26. The van der Waals surface area contributed by atoms with Crippen LogP contribution in [0.3, 0.4) is 0 Å². The molecule has 31 heavy (non-hydrogen) atoms. The molecule has 1 aromatic carbocycles. The molecule has 0 fully saturated rings. The van der Waals surface area contributed by atoms with Crippen LogP contribution >= 0.6 is 0 Å². The Morgan fingerprint density at radius 1 is 1.16 bits per heavy atom. The van der Waals surface area contributed by atoms with Crippen LogP contribution in [0.1, 0.15) is 52.8 Å². The van der Waals surface area contributed by atoms with Crippen LogP contribution in [0.4, 0.5) is 0 Å². The molecule has 4 rings (SSSR count). The monoisotopic (exact) mass is 416 g/mol. The average molecular weight is 417 g/mol. The van der Waals surface area contributed by atoms with Crippen molar-refractivity contribution in [2.45, 2.75) is 47.2 Å². The van der Waals surface area contributed by atoms with Crippen molar-refractivity contribution < 1.29 is 4.79 Å². The van der Waals surface area contributed by atoms with Gasteiger partial charge in [-0.15, -0.1) is 0 Å². The van der Waals surface area contributed by atoms with Crippen LogP contribution in [-0.2, 0) is 13.6 Å². The maximum atomic E-state index is 13.4. The van der Waals surface area contributed by atoms with E-state index in [1.165, 1.54) is 5.56 Å². The first-order chi connectivity index (χ1) is 14.8. The first-order valence-corrected chi connectivity index (χ1v) is 10.5. The number of benzene rings is 1. The summed E-state index contributed by atoms with van der Waals surface area (Å²) in [6.45, 7) is 10.7. The molecule has 7 heteroatoms. The molecule has 0 radical (unpaired) electrons. The largest absolute Gasteiger partial charge is 0.345 e. The van der Waals surface area contributed by atoms with Crippen molar-refractivity contribution in [2.75, 3.05) is 0 Å². The fourth-order valence-corrected chi connectivity index (χ4v) is 3.92. The van der Waals surface area contributed by atoms with Gasteiger partial charge >= 0.3 is 0 Å². The maximum Gasteiger partial charge on any atom is 0.252 e. The number of amides is 1. The number of aryl methyl sites for hydroxylation is 4. The highest BCUT2D eigenvalue weighted by Crippen LogP contribution is 2.28. The summed E-state index contributed by atoms with van der Waals surface area (Å²) >= 11 is 0. The van der Waals surface area contributed by atoms with Gasteiger partial charge in [0.15, 0.2) is 5.65 Å². The number of fused-ring (bicyclic) bond motifs is 1. The molecule has 1 atom stereocenters. The van der Waals surface area contributed by atoms with Crippen molar-refractivity contribution in [1.82, 2.24) is 29.9 Å². The summed E-state index contributed by atoms with van der Waals surface area (Å²) in [5.41, 5.74) is 7.06. The van der Waals surface area contributed by atoms with E-state index in [4.69, 9.17) is 4.98 Å². The lowest BCUT2D eigenvalue weighted by atomic mass is 10.0. The Morgan fingerprint density at radius 3 is 2.48 bits per heavy atom. The van der Waals surface area contributed by atoms with Crippen molar-refractivity contribution in [1.29, 1.82) is 0 Å². The van der Waals surface area contributed by atoms with E-state index in [0.29, 0.717) is 12.1 Å². The normalized spacial score (nSPS) is 12.3. The van der Waals surface area contributed by atoms with E-state index in [9.17, 15) is 4.79 Å². The van der Waals surface area contributed by atoms with Gasteiger partial charge in [-0.2, -0.15) is 10.2 Å². The van der Waals surface area contributed by atoms with Gasteiger partial charge in [0.1, 0.15) is 0 Å². The summed E-state index contributed by atoms with van der Waals surface area (Å²) in [6, 6.07) is 9.87. The van der Waals surface area contributed by atoms with Crippen LogP contribution < -0.4 is 5.32 Å². The highest BCUT2D eigenvalue weighted by Gasteiger charge is 2.22. The van der Waals surface area contributed by atoms with Gasteiger partial charge in [0.05, 0.1) is 34.6 Å². The number of carbonyl (C=O) groups excluding carboxylic acids is 1. The summed E-state index contributed by atoms with van der Waals surface area (Å²) in [7, 11) is 1.90. The Hall–Kier alpha value is -3.48. The van der Waals surface area contributed by atoms with Crippen molar-refractivity contribution in [3.05, 3.63) is 64.6 Å². The van der Waals surface area contributed by atoms with Gasteiger partial charge in [0.2, 0.25) is 0 Å². The molecular weight excluding hydrogens is 388 g/mol. The number of nitrogens with one attached hydrogen (secondary N) is 1. The Labute approximate surface area is 182 Å². The third-order valence-corrected chi connectivity index (χ3v) is 5.86. The molecule has 0 aliphatic carbocycles. The zero-order valence-corrected chi connectivity index (χ0v) is 18.9. The van der Waals surface area contributed by atoms with Crippen LogP contribution in [0, 0.1) is 20.8 Å². The van der Waals surface area contributed by atoms with E-state index in [2.05, 4.69) is 34.6 Å². The molecule has 0 unspecified atom stereocenters. The number of hydrogen-bond acceptors (Lipinski definition) is 4. The maximum absolute atomic E-state index is 13.4. The van der Waals surface area contributed by atoms with Gasteiger partial charge in [0, 0.05) is 30.4 Å². The lowest BCUT2D eigenvalue weighted by Gasteiger charge is -2.15. The molecule has 0 saturated carbocycles. The van der Waals surface area contributed by atoms with Crippen molar-refractivity contribution >= 4 is 16.9 Å². The molecule has 0 aliphatic heterocycles. The highest BCUT2D eigenvalue weighted by molar-refractivity contribution is 6.07. The zero-order valence-electron chi connectivity index (χ0n) is 18.9. The standard InChI is InChI=1S/C24H28N6O/c1-7-30-23-22(16(4)28-30)19(12-21(27-23)18-10-8-14(2)9-11-18)24(31)26-15(3)20-13-25-29(6)17(20)5/h8-13,15H,7H2,1-6H3,(H,26,31)/t15-/m1/s1. The third-order valence-electron chi connectivity index (χ3n) is 5.86. The van der Waals surface area contributed by atoms with Gasteiger partial charge in [0.25, 0.3) is 5.91 Å². The van der Waals surface area contributed by atoms with Gasteiger partial charge in [-0.05, 0) is 40.7 Å². The van der Waals surface area contributed by atoms with Crippen LogP contribution in [0.25, 0.3) is 22.3 Å².